The molecule has 1 aliphatic carbocycles. The molecule has 5 rings (SSSR count). The SMILES string of the molecule is COC(=O)C1(C(=O)OCC[C@@H]2N=C(c3ccccn3)c3cc(Br)ccc3-n3c(C)cnc32)CC1. The predicted octanol–water partition coefficient (Wildman–Crippen LogP) is 4.12. The van der Waals surface area contributed by atoms with Crippen molar-refractivity contribution in [3.8, 4) is 5.69 Å². The molecule has 2 aliphatic rings. The fourth-order valence-corrected chi connectivity index (χ4v) is 4.66. The summed E-state index contributed by atoms with van der Waals surface area (Å²) in [6, 6.07) is 11.4. The molecule has 0 amide bonds. The lowest BCUT2D eigenvalue weighted by atomic mass is 10.0. The summed E-state index contributed by atoms with van der Waals surface area (Å²) in [7, 11) is 1.28. The molecule has 34 heavy (non-hydrogen) atoms. The summed E-state index contributed by atoms with van der Waals surface area (Å²) in [5, 5.41) is 0. The summed E-state index contributed by atoms with van der Waals surface area (Å²) in [5.41, 5.74) is 3.21. The summed E-state index contributed by atoms with van der Waals surface area (Å²) in [6.45, 7) is 2.10. The number of imidazole rings is 1. The van der Waals surface area contributed by atoms with E-state index in [1.54, 1.807) is 6.20 Å². The number of esters is 2. The standard InChI is InChI=1S/C25H23BrN4O4/c1-15-14-28-22-19(8-12-34-24(32)25(9-10-25)23(31)33-2)29-21(18-5-3-4-11-27-18)17-13-16(26)6-7-20(17)30(15)22/h3-7,11,13-14,19H,8-10,12H2,1-2H3/t19-/m0/s1. The van der Waals surface area contributed by atoms with Crippen LogP contribution in [0.1, 0.15) is 48.1 Å². The maximum absolute atomic E-state index is 12.6. The molecule has 8 nitrogen and oxygen atoms in total. The Morgan fingerprint density at radius 2 is 2.00 bits per heavy atom. The quantitative estimate of drug-likeness (QED) is 0.357. The third kappa shape index (κ3) is 3.83. The number of aryl methyl sites for hydroxylation is 1. The first-order chi connectivity index (χ1) is 16.4. The number of carbonyl (C=O) groups is 2. The van der Waals surface area contributed by atoms with E-state index in [9.17, 15) is 9.59 Å². The molecule has 0 bridgehead atoms. The van der Waals surface area contributed by atoms with Gasteiger partial charge in [-0.3, -0.25) is 24.1 Å². The first-order valence-corrected chi connectivity index (χ1v) is 11.8. The van der Waals surface area contributed by atoms with Crippen molar-refractivity contribution in [2.24, 2.45) is 10.4 Å². The van der Waals surface area contributed by atoms with Crippen LogP contribution in [0, 0.1) is 12.3 Å². The number of halogens is 1. The number of hydrogen-bond acceptors (Lipinski definition) is 7. The number of aliphatic imine (C=N–C) groups is 1. The number of hydrogen-bond donors (Lipinski definition) is 0. The van der Waals surface area contributed by atoms with Crippen LogP contribution in [-0.4, -0.2) is 45.9 Å². The van der Waals surface area contributed by atoms with E-state index in [0.29, 0.717) is 19.3 Å². The number of pyridine rings is 1. The van der Waals surface area contributed by atoms with Crippen LogP contribution in [0.5, 0.6) is 0 Å². The molecule has 0 radical (unpaired) electrons. The topological polar surface area (TPSA) is 95.7 Å². The van der Waals surface area contributed by atoms with Crippen molar-refractivity contribution in [3.05, 3.63) is 76.0 Å². The first kappa shape index (κ1) is 22.5. The maximum Gasteiger partial charge on any atom is 0.323 e. The average Bonchev–Trinajstić information content (AvgIpc) is 3.60. The van der Waals surface area contributed by atoms with Crippen LogP contribution < -0.4 is 0 Å². The van der Waals surface area contributed by atoms with E-state index in [4.69, 9.17) is 14.5 Å². The summed E-state index contributed by atoms with van der Waals surface area (Å²) in [6.07, 6.45) is 4.88. The first-order valence-electron chi connectivity index (χ1n) is 11.0. The Kier molecular flexibility index (Phi) is 5.81. The van der Waals surface area contributed by atoms with Crippen LogP contribution in [0.15, 0.2) is 58.3 Å². The highest BCUT2D eigenvalue weighted by Crippen LogP contribution is 2.48. The Balaban J connectivity index is 1.50. The van der Waals surface area contributed by atoms with E-state index in [1.165, 1.54) is 7.11 Å². The van der Waals surface area contributed by atoms with Gasteiger partial charge in [0.25, 0.3) is 0 Å². The number of ether oxygens (including phenoxy) is 2. The highest BCUT2D eigenvalue weighted by Gasteiger charge is 2.59. The minimum absolute atomic E-state index is 0.104. The van der Waals surface area contributed by atoms with Gasteiger partial charge in [0.1, 0.15) is 11.9 Å². The van der Waals surface area contributed by atoms with Crippen LogP contribution in [0.4, 0.5) is 0 Å². The Labute approximate surface area is 205 Å². The van der Waals surface area contributed by atoms with Crippen LogP contribution in [0.25, 0.3) is 5.69 Å². The zero-order chi connectivity index (χ0) is 23.9. The number of rotatable bonds is 6. The Bertz CT molecular complexity index is 1300. The van der Waals surface area contributed by atoms with Crippen LogP contribution in [-0.2, 0) is 19.1 Å². The summed E-state index contributed by atoms with van der Waals surface area (Å²) in [5.74, 6) is -0.305. The minimum Gasteiger partial charge on any atom is -0.468 e. The number of nitrogens with zero attached hydrogens (tertiary/aromatic N) is 4. The number of fused-ring (bicyclic) bond motifs is 3. The van der Waals surface area contributed by atoms with E-state index in [0.717, 1.165) is 38.6 Å². The van der Waals surface area contributed by atoms with Gasteiger partial charge in [-0.25, -0.2) is 4.98 Å². The van der Waals surface area contributed by atoms with Crippen LogP contribution in [0.3, 0.4) is 0 Å². The van der Waals surface area contributed by atoms with Gasteiger partial charge in [-0.1, -0.05) is 22.0 Å². The highest BCUT2D eigenvalue weighted by atomic mass is 79.9. The smallest absolute Gasteiger partial charge is 0.323 e. The van der Waals surface area contributed by atoms with Crippen LogP contribution >= 0.6 is 15.9 Å². The van der Waals surface area contributed by atoms with Crippen molar-refractivity contribution < 1.29 is 19.1 Å². The second kappa shape index (κ2) is 8.79. The zero-order valence-corrected chi connectivity index (χ0v) is 20.4. The normalized spacial score (nSPS) is 17.6. The number of aromatic nitrogens is 3. The van der Waals surface area contributed by atoms with Crippen molar-refractivity contribution in [2.45, 2.75) is 32.2 Å². The fourth-order valence-electron chi connectivity index (χ4n) is 4.29. The summed E-state index contributed by atoms with van der Waals surface area (Å²) < 4.78 is 13.3. The van der Waals surface area contributed by atoms with Gasteiger partial charge in [-0.2, -0.15) is 0 Å². The molecule has 0 unspecified atom stereocenters. The number of benzene rings is 1. The van der Waals surface area contributed by atoms with Crippen molar-refractivity contribution in [1.82, 2.24) is 14.5 Å². The third-order valence-electron chi connectivity index (χ3n) is 6.25. The van der Waals surface area contributed by atoms with E-state index in [-0.39, 0.29) is 12.6 Å². The van der Waals surface area contributed by atoms with Gasteiger partial charge in [0.2, 0.25) is 0 Å². The largest absolute Gasteiger partial charge is 0.468 e. The van der Waals surface area contributed by atoms with Gasteiger partial charge >= 0.3 is 11.9 Å². The molecule has 2 aromatic heterocycles. The molecule has 9 heteroatoms. The van der Waals surface area contributed by atoms with E-state index < -0.39 is 17.4 Å². The molecular weight excluding hydrogens is 500 g/mol. The fraction of sp³-hybridized carbons (Fsp3) is 0.320. The average molecular weight is 523 g/mol. The maximum atomic E-state index is 12.6. The molecule has 1 aromatic carbocycles. The molecule has 1 saturated carbocycles. The van der Waals surface area contributed by atoms with Gasteiger partial charge in [0, 0.05) is 34.5 Å². The molecule has 1 atom stereocenters. The molecule has 0 spiro atoms. The second-order valence-corrected chi connectivity index (χ2v) is 9.38. The van der Waals surface area contributed by atoms with Crippen molar-refractivity contribution >= 4 is 33.6 Å². The lowest BCUT2D eigenvalue weighted by molar-refractivity contribution is -0.163. The van der Waals surface area contributed by atoms with E-state index in [1.807, 2.05) is 49.5 Å². The molecule has 3 aromatic rings. The summed E-state index contributed by atoms with van der Waals surface area (Å²) in [4.78, 5) is 38.9. The molecule has 1 fully saturated rings. The molecule has 174 valence electrons. The number of methoxy groups -OCH3 is 1. The third-order valence-corrected chi connectivity index (χ3v) is 6.75. The molecule has 1 aliphatic heterocycles. The molecule has 3 heterocycles. The monoisotopic (exact) mass is 522 g/mol. The van der Waals surface area contributed by atoms with Gasteiger partial charge in [-0.05, 0) is 50.1 Å². The van der Waals surface area contributed by atoms with Gasteiger partial charge in [0.15, 0.2) is 5.41 Å². The number of carbonyl (C=O) groups excluding carboxylic acids is 2. The van der Waals surface area contributed by atoms with Gasteiger partial charge in [0.05, 0.1) is 30.8 Å². The molecule has 0 N–H and O–H groups in total. The lowest BCUT2D eigenvalue weighted by Crippen LogP contribution is -2.29. The Morgan fingerprint density at radius 1 is 1.18 bits per heavy atom. The molecule has 0 saturated heterocycles. The Morgan fingerprint density at radius 3 is 2.71 bits per heavy atom. The Hall–Kier alpha value is -3.33. The minimum atomic E-state index is -1.14. The van der Waals surface area contributed by atoms with Crippen LogP contribution in [0.2, 0.25) is 0 Å². The van der Waals surface area contributed by atoms with Crippen molar-refractivity contribution in [1.29, 1.82) is 0 Å². The van der Waals surface area contributed by atoms with E-state index >= 15 is 0 Å². The predicted molar refractivity (Wildman–Crippen MR) is 128 cm³/mol. The van der Waals surface area contributed by atoms with Crippen molar-refractivity contribution in [2.75, 3.05) is 13.7 Å². The van der Waals surface area contributed by atoms with Gasteiger partial charge in [-0.15, -0.1) is 0 Å². The zero-order valence-electron chi connectivity index (χ0n) is 18.8. The highest BCUT2D eigenvalue weighted by molar-refractivity contribution is 9.10. The second-order valence-electron chi connectivity index (χ2n) is 8.46. The van der Waals surface area contributed by atoms with E-state index in [2.05, 4.69) is 30.5 Å². The summed E-state index contributed by atoms with van der Waals surface area (Å²) >= 11 is 3.58. The molecular formula is C25H23BrN4O4. The van der Waals surface area contributed by atoms with Gasteiger partial charge < -0.3 is 9.47 Å². The lowest BCUT2D eigenvalue weighted by Gasteiger charge is -2.16. The van der Waals surface area contributed by atoms with Crippen molar-refractivity contribution in [3.63, 3.8) is 0 Å².